The Labute approximate surface area is 443 Å². The molecule has 4 N–H and O–H groups in total. The average Bonchev–Trinajstić information content (AvgIpc) is 3.33. The van der Waals surface area contributed by atoms with Gasteiger partial charge in [0, 0.05) is 24.6 Å². The summed E-state index contributed by atoms with van der Waals surface area (Å²) in [5, 5.41) is 2.69. The van der Waals surface area contributed by atoms with Crippen molar-refractivity contribution >= 4 is 38.6 Å². The monoisotopic (exact) mass is 1090 g/mol. The molecule has 1 fully saturated rings. The predicted octanol–water partition coefficient (Wildman–Crippen LogP) is 10.8. The Balaban J connectivity index is 2.41. The molecule has 6 unspecified atom stereocenters. The van der Waals surface area contributed by atoms with Crippen LogP contribution in [0.3, 0.4) is 0 Å². The Morgan fingerprint density at radius 2 is 1.07 bits per heavy atom. The zero-order valence-electron chi connectivity index (χ0n) is 45.4. The number of hydrogen-bond donors (Lipinski definition) is 4. The van der Waals surface area contributed by atoms with Gasteiger partial charge in [0.2, 0.25) is 5.91 Å². The van der Waals surface area contributed by atoms with E-state index in [1.54, 1.807) is 0 Å². The van der Waals surface area contributed by atoms with E-state index in [-0.39, 0.29) is 18.4 Å². The van der Waals surface area contributed by atoms with Crippen molar-refractivity contribution in [3.05, 3.63) is 32.6 Å². The zero-order valence-corrected chi connectivity index (χ0v) is 47.0. The van der Waals surface area contributed by atoms with Gasteiger partial charge in [-0.25, -0.2) is 13.2 Å². The molecule has 74 heavy (non-hydrogen) atoms. The van der Waals surface area contributed by atoms with E-state index in [0.29, 0.717) is 32.1 Å². The summed E-state index contributed by atoms with van der Waals surface area (Å²) in [5.74, 6) is -2.17. The number of aryl methyl sites for hydroxylation is 1. The third-order valence-corrected chi connectivity index (χ3v) is 14.5. The van der Waals surface area contributed by atoms with Crippen LogP contribution in [0.4, 0.5) is 0 Å². The number of unbranched alkanes of at least 4 members (excludes halogenated alkanes) is 28. The van der Waals surface area contributed by atoms with Crippen molar-refractivity contribution in [2.45, 2.75) is 289 Å². The van der Waals surface area contributed by atoms with Crippen LogP contribution in [0.15, 0.2) is 15.8 Å². The quantitative estimate of drug-likeness (QED) is 0.0268. The van der Waals surface area contributed by atoms with Gasteiger partial charge in [-0.15, -0.1) is 0 Å². The maximum Gasteiger partial charge on any atom is 0.397 e. The molecule has 6 atom stereocenters. The summed E-state index contributed by atoms with van der Waals surface area (Å²) in [7, 11) is -10.7. The van der Waals surface area contributed by atoms with Crippen LogP contribution < -0.4 is 16.6 Å². The van der Waals surface area contributed by atoms with Gasteiger partial charge < -0.3 is 19.5 Å². The molecule has 1 aromatic rings. The van der Waals surface area contributed by atoms with Gasteiger partial charge in [0.1, 0.15) is 24.4 Å². The molecule has 1 saturated heterocycles. The SMILES string of the molecule is CCCCCCCCCCCCCC(=O)OC(CCCCCCCCCCC)CC(=O)NC1C(OC(=O)CCCCCCCCCCCCC)C(OS(=O)(=O)O)C(COS(=O)(=O)O)OC1n1cc(C)c(=O)[nH]c1=O. The van der Waals surface area contributed by atoms with Crippen LogP contribution in [-0.2, 0) is 57.8 Å². The third-order valence-electron chi connectivity index (χ3n) is 13.6. The van der Waals surface area contributed by atoms with Crippen LogP contribution in [0.1, 0.15) is 257 Å². The number of esters is 2. The molecule has 19 nitrogen and oxygen atoms in total. The first-order valence-corrected chi connectivity index (χ1v) is 31.0. The molecule has 21 heteroatoms. The fourth-order valence-corrected chi connectivity index (χ4v) is 10.3. The Hall–Kier alpha value is -3.21. The minimum absolute atomic E-state index is 0.0175. The Morgan fingerprint density at radius 3 is 1.51 bits per heavy atom. The predicted molar refractivity (Wildman–Crippen MR) is 284 cm³/mol. The molecule has 0 aliphatic carbocycles. The number of nitrogens with one attached hydrogen (secondary N) is 2. The van der Waals surface area contributed by atoms with Gasteiger partial charge in [-0.1, -0.05) is 201 Å². The van der Waals surface area contributed by atoms with E-state index in [2.05, 4.69) is 35.3 Å². The minimum atomic E-state index is -5.47. The van der Waals surface area contributed by atoms with Crippen molar-refractivity contribution < 1.29 is 62.9 Å². The van der Waals surface area contributed by atoms with E-state index >= 15 is 0 Å². The molecular formula is C53H95N3O16S2. The number of aromatic nitrogens is 2. The lowest BCUT2D eigenvalue weighted by Gasteiger charge is -2.45. The number of carbonyl (C=O) groups is 3. The van der Waals surface area contributed by atoms with Crippen LogP contribution in [0.5, 0.6) is 0 Å². The van der Waals surface area contributed by atoms with Crippen LogP contribution >= 0.6 is 0 Å². The lowest BCUT2D eigenvalue weighted by Crippen LogP contribution is -2.65. The number of H-pyrrole nitrogens is 1. The highest BCUT2D eigenvalue weighted by Crippen LogP contribution is 2.34. The number of amides is 1. The molecule has 0 aromatic carbocycles. The summed E-state index contributed by atoms with van der Waals surface area (Å²) >= 11 is 0. The van der Waals surface area contributed by atoms with Crippen molar-refractivity contribution in [3.63, 3.8) is 0 Å². The highest BCUT2D eigenvalue weighted by molar-refractivity contribution is 7.81. The summed E-state index contributed by atoms with van der Waals surface area (Å²) in [4.78, 5) is 69.6. The second kappa shape index (κ2) is 39.2. The molecule has 0 bridgehead atoms. The topological polar surface area (TPSA) is 273 Å². The molecule has 0 radical (unpaired) electrons. The second-order valence-corrected chi connectivity index (χ2v) is 22.4. The van der Waals surface area contributed by atoms with Crippen molar-refractivity contribution in [2.24, 2.45) is 0 Å². The van der Waals surface area contributed by atoms with Crippen LogP contribution in [0.2, 0.25) is 0 Å². The minimum Gasteiger partial charge on any atom is -0.462 e. The number of hydrogen-bond acceptors (Lipinski definition) is 14. The largest absolute Gasteiger partial charge is 0.462 e. The van der Waals surface area contributed by atoms with Crippen LogP contribution in [0, 0.1) is 6.92 Å². The fourth-order valence-electron chi connectivity index (χ4n) is 9.43. The van der Waals surface area contributed by atoms with E-state index in [4.69, 9.17) is 18.4 Å². The van der Waals surface area contributed by atoms with Gasteiger partial charge in [0.05, 0.1) is 13.0 Å². The number of aromatic amines is 1. The highest BCUT2D eigenvalue weighted by Gasteiger charge is 2.53. The van der Waals surface area contributed by atoms with Crippen molar-refractivity contribution in [1.82, 2.24) is 14.9 Å². The lowest BCUT2D eigenvalue weighted by molar-refractivity contribution is -0.221. The van der Waals surface area contributed by atoms with Crippen molar-refractivity contribution in [2.75, 3.05) is 6.61 Å². The van der Waals surface area contributed by atoms with Crippen molar-refractivity contribution in [1.29, 1.82) is 0 Å². The first-order valence-electron chi connectivity index (χ1n) is 28.3. The van der Waals surface area contributed by atoms with Gasteiger partial charge >= 0.3 is 38.4 Å². The molecule has 2 rings (SSSR count). The maximum atomic E-state index is 14.4. The van der Waals surface area contributed by atoms with E-state index < -0.39 is 99.6 Å². The molecule has 430 valence electrons. The van der Waals surface area contributed by atoms with Gasteiger partial charge in [-0.3, -0.25) is 37.8 Å². The average molecular weight is 1090 g/mol. The number of nitrogens with zero attached hydrogens (tertiary/aromatic N) is 1. The molecule has 1 aliphatic heterocycles. The third kappa shape index (κ3) is 31.1. The number of rotatable bonds is 45. The summed E-state index contributed by atoms with van der Waals surface area (Å²) in [5.41, 5.74) is -1.87. The fraction of sp³-hybridized carbons (Fsp3) is 0.868. The standard InChI is InChI=1S/C53H95N3O16S2/c1-5-8-11-14-17-20-22-25-28-31-34-37-46(58)69-43(36-33-30-27-24-19-16-13-10-7-3)39-45(57)54-48-50(71-47(59)38-35-32-29-26-23-21-18-15-12-9-6-2)49(72-74(65,66)67)44(41-68-73(62,63)64)70-52(48)56-40-42(4)51(60)55-53(56)61/h40,43-44,48-50,52H,5-39,41H2,1-4H3,(H,54,57)(H,55,60,61)(H,62,63,64)(H,65,66,67). The normalized spacial score (nSPS) is 18.5. The molecule has 1 aromatic heterocycles. The Bertz CT molecular complexity index is 2050. The summed E-state index contributed by atoms with van der Waals surface area (Å²) in [6, 6.07) is -1.75. The number of ether oxygens (including phenoxy) is 3. The Morgan fingerprint density at radius 1 is 0.635 bits per heavy atom. The van der Waals surface area contributed by atoms with Gasteiger partial charge in [-0.2, -0.15) is 16.8 Å². The lowest BCUT2D eigenvalue weighted by atomic mass is 9.94. The Kier molecular flexibility index (Phi) is 35.4. The first-order chi connectivity index (χ1) is 35.4. The van der Waals surface area contributed by atoms with Gasteiger partial charge in [-0.05, 0) is 32.6 Å². The van der Waals surface area contributed by atoms with E-state index in [0.717, 1.165) is 107 Å². The molecule has 2 heterocycles. The summed E-state index contributed by atoms with van der Waals surface area (Å²) in [6.45, 7) is 6.71. The summed E-state index contributed by atoms with van der Waals surface area (Å²) < 4.78 is 96.3. The van der Waals surface area contributed by atoms with Crippen LogP contribution in [0.25, 0.3) is 0 Å². The van der Waals surface area contributed by atoms with Crippen molar-refractivity contribution in [3.8, 4) is 0 Å². The zero-order chi connectivity index (χ0) is 54.6. The first kappa shape index (κ1) is 66.9. The molecule has 1 aliphatic rings. The molecule has 1 amide bonds. The van der Waals surface area contributed by atoms with Gasteiger partial charge in [0.15, 0.2) is 12.3 Å². The molecule has 0 saturated carbocycles. The molecular weight excluding hydrogens is 999 g/mol. The maximum absolute atomic E-state index is 14.4. The van der Waals surface area contributed by atoms with Crippen LogP contribution in [-0.4, -0.2) is 90.4 Å². The second-order valence-electron chi connectivity index (χ2n) is 20.3. The smallest absolute Gasteiger partial charge is 0.397 e. The van der Waals surface area contributed by atoms with E-state index in [1.165, 1.54) is 84.0 Å². The van der Waals surface area contributed by atoms with E-state index in [9.17, 15) is 49.9 Å². The number of carbonyl (C=O) groups excluding carboxylic acids is 3. The summed E-state index contributed by atoms with van der Waals surface area (Å²) in [6.07, 6.45) is 24.5. The van der Waals surface area contributed by atoms with Gasteiger partial charge in [0.25, 0.3) is 5.56 Å². The van der Waals surface area contributed by atoms with E-state index in [1.807, 2.05) is 0 Å². The molecule has 0 spiro atoms. The highest BCUT2D eigenvalue weighted by atomic mass is 32.3.